The molecule has 0 radical (unpaired) electrons. The predicted octanol–water partition coefficient (Wildman–Crippen LogP) is -0.793. The molecule has 0 spiro atoms. The molecule has 0 fully saturated rings. The van der Waals surface area contributed by atoms with E-state index in [4.69, 9.17) is 0 Å². The van der Waals surface area contributed by atoms with Crippen molar-refractivity contribution >= 4 is 27.5 Å². The second-order valence-corrected chi connectivity index (χ2v) is 9.68. The van der Waals surface area contributed by atoms with Gasteiger partial charge in [-0.15, -0.1) is 0 Å². The normalized spacial score (nSPS) is 9.60. The number of benzene rings is 3. The summed E-state index contributed by atoms with van der Waals surface area (Å²) >= 11 is -1.63. The fraction of sp³-hybridized carbons (Fsp3) is 0. The Labute approximate surface area is 131 Å². The average molecular weight is 339 g/mol. The van der Waals surface area contributed by atoms with E-state index in [1.165, 1.54) is 13.2 Å². The van der Waals surface area contributed by atoms with Gasteiger partial charge >= 0.3 is 119 Å². The molecule has 98 valence electrons. The van der Waals surface area contributed by atoms with E-state index in [-0.39, 0.29) is 12.4 Å². The standard InChI is InChI=1S/C18H15Ge.ClH/c1-4-10-16(11-5-1)19(17-12-6-2-7-13-17)18-14-8-3-9-15-18;/h1-15H;1H/q+1;/p-1. The van der Waals surface area contributed by atoms with Crippen LogP contribution in [0.5, 0.6) is 0 Å². The fourth-order valence-corrected chi connectivity index (χ4v) is 7.72. The van der Waals surface area contributed by atoms with Crippen molar-refractivity contribution in [3.05, 3.63) is 91.0 Å². The maximum absolute atomic E-state index is 2.27. The minimum atomic E-state index is -1.63. The molecule has 0 amide bonds. The summed E-state index contributed by atoms with van der Waals surface area (Å²) in [5.41, 5.74) is 0. The summed E-state index contributed by atoms with van der Waals surface area (Å²) < 4.78 is 4.50. The topological polar surface area (TPSA) is 0 Å². The number of halogens is 1. The molecule has 0 nitrogen and oxygen atoms in total. The van der Waals surface area contributed by atoms with E-state index in [0.29, 0.717) is 0 Å². The summed E-state index contributed by atoms with van der Waals surface area (Å²) in [5, 5.41) is 0. The van der Waals surface area contributed by atoms with Crippen LogP contribution >= 0.6 is 0 Å². The first-order valence-corrected chi connectivity index (χ1v) is 9.63. The third-order valence-corrected chi connectivity index (χ3v) is 8.92. The van der Waals surface area contributed by atoms with Gasteiger partial charge in [-0.3, -0.25) is 0 Å². The van der Waals surface area contributed by atoms with Gasteiger partial charge in [-0.1, -0.05) is 0 Å². The summed E-state index contributed by atoms with van der Waals surface area (Å²) in [7, 11) is 0. The second-order valence-electron chi connectivity index (χ2n) is 4.47. The molecule has 3 aromatic rings. The van der Waals surface area contributed by atoms with Crippen LogP contribution in [0.1, 0.15) is 0 Å². The molecular weight excluding hydrogens is 324 g/mol. The fourth-order valence-electron chi connectivity index (χ4n) is 2.31. The first-order chi connectivity index (χ1) is 9.45. The van der Waals surface area contributed by atoms with Gasteiger partial charge in [0.2, 0.25) is 0 Å². The summed E-state index contributed by atoms with van der Waals surface area (Å²) in [6.45, 7) is 0. The molecule has 0 saturated heterocycles. The summed E-state index contributed by atoms with van der Waals surface area (Å²) in [6.07, 6.45) is 0. The first-order valence-electron chi connectivity index (χ1n) is 6.48. The van der Waals surface area contributed by atoms with Crippen LogP contribution in [0.4, 0.5) is 0 Å². The molecule has 0 aromatic heterocycles. The number of rotatable bonds is 3. The van der Waals surface area contributed by atoms with Gasteiger partial charge in [-0.2, -0.15) is 0 Å². The van der Waals surface area contributed by atoms with Crippen LogP contribution in [0.25, 0.3) is 0 Å². The van der Waals surface area contributed by atoms with Crippen molar-refractivity contribution in [1.29, 1.82) is 0 Å². The van der Waals surface area contributed by atoms with Crippen molar-refractivity contribution in [2.24, 2.45) is 0 Å². The maximum atomic E-state index is 2.27. The molecule has 0 heterocycles. The van der Waals surface area contributed by atoms with Gasteiger partial charge in [0.05, 0.1) is 0 Å². The van der Waals surface area contributed by atoms with Gasteiger partial charge in [0.25, 0.3) is 0 Å². The average Bonchev–Trinajstić information content (AvgIpc) is 2.51. The van der Waals surface area contributed by atoms with Crippen molar-refractivity contribution < 1.29 is 12.4 Å². The van der Waals surface area contributed by atoms with E-state index in [2.05, 4.69) is 91.0 Å². The van der Waals surface area contributed by atoms with E-state index < -0.39 is 14.3 Å². The Bertz CT molecular complexity index is 529. The van der Waals surface area contributed by atoms with Crippen LogP contribution in [0, 0.1) is 0 Å². The Balaban J connectivity index is 0.00000147. The Morgan fingerprint density at radius 2 is 0.650 bits per heavy atom. The predicted molar refractivity (Wildman–Crippen MR) is 84.0 cm³/mol. The molecule has 20 heavy (non-hydrogen) atoms. The Morgan fingerprint density at radius 3 is 0.900 bits per heavy atom. The van der Waals surface area contributed by atoms with E-state index >= 15 is 0 Å². The molecule has 0 N–H and O–H groups in total. The van der Waals surface area contributed by atoms with Gasteiger partial charge in [-0.25, -0.2) is 0 Å². The van der Waals surface area contributed by atoms with Gasteiger partial charge in [0.1, 0.15) is 0 Å². The van der Waals surface area contributed by atoms with Crippen LogP contribution in [0.3, 0.4) is 0 Å². The summed E-state index contributed by atoms with van der Waals surface area (Å²) in [6, 6.07) is 32.8. The zero-order valence-corrected chi connectivity index (χ0v) is 13.9. The van der Waals surface area contributed by atoms with Crippen molar-refractivity contribution in [2.75, 3.05) is 0 Å². The van der Waals surface area contributed by atoms with Crippen molar-refractivity contribution in [3.8, 4) is 0 Å². The third kappa shape index (κ3) is 3.33. The summed E-state index contributed by atoms with van der Waals surface area (Å²) in [4.78, 5) is 0. The molecule has 0 bridgehead atoms. The summed E-state index contributed by atoms with van der Waals surface area (Å²) in [5.74, 6) is 0. The molecule has 0 saturated carbocycles. The van der Waals surface area contributed by atoms with E-state index in [1.807, 2.05) is 0 Å². The van der Waals surface area contributed by atoms with Crippen LogP contribution in [0.15, 0.2) is 91.0 Å². The van der Waals surface area contributed by atoms with Crippen LogP contribution in [-0.2, 0) is 0 Å². The Morgan fingerprint density at radius 1 is 0.400 bits per heavy atom. The van der Waals surface area contributed by atoms with Gasteiger partial charge in [0, 0.05) is 0 Å². The quantitative estimate of drug-likeness (QED) is 0.549. The zero-order valence-electron chi connectivity index (χ0n) is 11.0. The zero-order chi connectivity index (χ0) is 12.9. The van der Waals surface area contributed by atoms with Crippen LogP contribution in [0.2, 0.25) is 0 Å². The molecule has 2 heteroatoms. The SMILES string of the molecule is [Cl-].c1cc[c]([Ge+]([c]2ccccc2)[c]2ccccc2)cc1. The molecule has 0 aliphatic carbocycles. The van der Waals surface area contributed by atoms with Crippen molar-refractivity contribution in [3.63, 3.8) is 0 Å². The first kappa shape index (κ1) is 14.9. The van der Waals surface area contributed by atoms with Gasteiger partial charge in [0.15, 0.2) is 0 Å². The Kier molecular flexibility index (Phi) is 5.45. The second kappa shape index (κ2) is 7.32. The van der Waals surface area contributed by atoms with Crippen molar-refractivity contribution in [2.45, 2.75) is 0 Å². The number of hydrogen-bond donors (Lipinski definition) is 0. The van der Waals surface area contributed by atoms with Crippen LogP contribution in [-0.4, -0.2) is 14.3 Å². The van der Waals surface area contributed by atoms with Crippen molar-refractivity contribution in [1.82, 2.24) is 0 Å². The van der Waals surface area contributed by atoms with Crippen LogP contribution < -0.4 is 25.6 Å². The number of hydrogen-bond acceptors (Lipinski definition) is 0. The molecular formula is C18H15ClGe. The van der Waals surface area contributed by atoms with E-state index in [0.717, 1.165) is 0 Å². The van der Waals surface area contributed by atoms with E-state index in [9.17, 15) is 0 Å². The van der Waals surface area contributed by atoms with E-state index in [1.54, 1.807) is 0 Å². The Hall–Kier alpha value is -1.51. The molecule has 3 rings (SSSR count). The minimum absolute atomic E-state index is 0. The third-order valence-electron chi connectivity index (χ3n) is 3.19. The van der Waals surface area contributed by atoms with Gasteiger partial charge < -0.3 is 12.4 Å². The molecule has 3 aromatic carbocycles. The molecule has 0 aliphatic rings. The van der Waals surface area contributed by atoms with Gasteiger partial charge in [-0.05, 0) is 0 Å². The molecule has 0 atom stereocenters. The molecule has 0 unspecified atom stereocenters. The molecule has 0 aliphatic heterocycles. The monoisotopic (exact) mass is 340 g/mol.